The average molecular weight is 280 g/mol. The maximum absolute atomic E-state index is 12.9. The van der Waals surface area contributed by atoms with Gasteiger partial charge in [-0.2, -0.15) is 0 Å². The minimum atomic E-state index is -0.220. The van der Waals surface area contributed by atoms with E-state index in [4.69, 9.17) is 4.74 Å². The zero-order valence-electron chi connectivity index (χ0n) is 12.9. The topological polar surface area (TPSA) is 41.6 Å². The van der Waals surface area contributed by atoms with Crippen LogP contribution >= 0.6 is 0 Å². The molecule has 3 aliphatic rings. The summed E-state index contributed by atoms with van der Waals surface area (Å²) in [6, 6.07) is 0. The van der Waals surface area contributed by atoms with Crippen molar-refractivity contribution in [3.8, 4) is 0 Å². The Hall–Kier alpha value is -0.610. The third-order valence-electron chi connectivity index (χ3n) is 5.47. The van der Waals surface area contributed by atoms with Gasteiger partial charge in [0.15, 0.2) is 0 Å². The molecule has 114 valence electrons. The van der Waals surface area contributed by atoms with Crippen LogP contribution in [0.3, 0.4) is 0 Å². The van der Waals surface area contributed by atoms with Gasteiger partial charge in [0, 0.05) is 19.1 Å². The highest BCUT2D eigenvalue weighted by molar-refractivity contribution is 5.89. The van der Waals surface area contributed by atoms with Crippen LogP contribution in [0.2, 0.25) is 0 Å². The SMILES string of the molecule is CCCC1NC2(CCCC2)C(=O)N1CC1CCOC1C. The molecule has 2 saturated heterocycles. The molecule has 4 nitrogen and oxygen atoms in total. The van der Waals surface area contributed by atoms with Crippen LogP contribution in [0.5, 0.6) is 0 Å². The summed E-state index contributed by atoms with van der Waals surface area (Å²) in [7, 11) is 0. The number of ether oxygens (including phenoxy) is 1. The quantitative estimate of drug-likeness (QED) is 0.859. The Kier molecular flexibility index (Phi) is 4.04. The molecule has 3 atom stereocenters. The molecule has 1 aliphatic carbocycles. The van der Waals surface area contributed by atoms with Crippen LogP contribution in [-0.2, 0) is 9.53 Å². The Balaban J connectivity index is 1.73. The van der Waals surface area contributed by atoms with E-state index in [9.17, 15) is 4.79 Å². The second-order valence-electron chi connectivity index (χ2n) is 6.82. The summed E-state index contributed by atoms with van der Waals surface area (Å²) in [5, 5.41) is 3.69. The van der Waals surface area contributed by atoms with Crippen molar-refractivity contribution in [2.45, 2.75) is 76.6 Å². The fraction of sp³-hybridized carbons (Fsp3) is 0.938. The van der Waals surface area contributed by atoms with Gasteiger partial charge in [-0.05, 0) is 32.6 Å². The first-order chi connectivity index (χ1) is 9.66. The Morgan fingerprint density at radius 2 is 2.15 bits per heavy atom. The standard InChI is InChI=1S/C16H28N2O2/c1-3-6-14-17-16(8-4-5-9-16)15(19)18(14)11-13-7-10-20-12(13)2/h12-14,17H,3-11H2,1-2H3. The molecule has 1 amide bonds. The number of hydrogen-bond acceptors (Lipinski definition) is 3. The third kappa shape index (κ3) is 2.37. The summed E-state index contributed by atoms with van der Waals surface area (Å²) in [4.78, 5) is 15.1. The van der Waals surface area contributed by atoms with Gasteiger partial charge in [0.1, 0.15) is 0 Å². The van der Waals surface area contributed by atoms with Gasteiger partial charge in [-0.1, -0.05) is 26.2 Å². The first kappa shape index (κ1) is 14.3. The summed E-state index contributed by atoms with van der Waals surface area (Å²) in [5.41, 5.74) is -0.220. The Bertz CT molecular complexity index is 365. The van der Waals surface area contributed by atoms with Crippen molar-refractivity contribution >= 4 is 5.91 Å². The fourth-order valence-electron chi connectivity index (χ4n) is 4.19. The average Bonchev–Trinajstić information content (AvgIpc) is 3.10. The number of nitrogens with zero attached hydrogens (tertiary/aromatic N) is 1. The van der Waals surface area contributed by atoms with E-state index in [0.717, 1.165) is 45.3 Å². The minimum absolute atomic E-state index is 0.220. The first-order valence-electron chi connectivity index (χ1n) is 8.36. The van der Waals surface area contributed by atoms with Crippen LogP contribution in [0, 0.1) is 5.92 Å². The van der Waals surface area contributed by atoms with Gasteiger partial charge in [0.05, 0.1) is 17.8 Å². The van der Waals surface area contributed by atoms with E-state index < -0.39 is 0 Å². The predicted molar refractivity (Wildman–Crippen MR) is 78.3 cm³/mol. The maximum Gasteiger partial charge on any atom is 0.244 e. The number of rotatable bonds is 4. The van der Waals surface area contributed by atoms with E-state index >= 15 is 0 Å². The summed E-state index contributed by atoms with van der Waals surface area (Å²) >= 11 is 0. The second kappa shape index (κ2) is 5.64. The summed E-state index contributed by atoms with van der Waals surface area (Å²) in [5.74, 6) is 0.879. The van der Waals surface area contributed by atoms with Gasteiger partial charge in [0.25, 0.3) is 0 Å². The molecule has 1 N–H and O–H groups in total. The van der Waals surface area contributed by atoms with Crippen LogP contribution < -0.4 is 5.32 Å². The molecule has 1 spiro atoms. The number of carbonyl (C=O) groups is 1. The van der Waals surface area contributed by atoms with Crippen molar-refractivity contribution < 1.29 is 9.53 Å². The Morgan fingerprint density at radius 3 is 2.75 bits per heavy atom. The lowest BCUT2D eigenvalue weighted by Gasteiger charge is -2.28. The van der Waals surface area contributed by atoms with E-state index in [1.165, 1.54) is 12.8 Å². The number of hydrogen-bond donors (Lipinski definition) is 1. The van der Waals surface area contributed by atoms with E-state index in [-0.39, 0.29) is 11.7 Å². The molecule has 0 radical (unpaired) electrons. The molecular weight excluding hydrogens is 252 g/mol. The Morgan fingerprint density at radius 1 is 1.40 bits per heavy atom. The second-order valence-corrected chi connectivity index (χ2v) is 6.82. The molecule has 0 aromatic heterocycles. The normalized spacial score (nSPS) is 36.4. The Labute approximate surface area is 122 Å². The van der Waals surface area contributed by atoms with E-state index in [0.29, 0.717) is 17.9 Å². The predicted octanol–water partition coefficient (Wildman–Crippen LogP) is 2.28. The summed E-state index contributed by atoms with van der Waals surface area (Å²) < 4.78 is 5.66. The molecule has 0 aromatic rings. The summed E-state index contributed by atoms with van der Waals surface area (Å²) in [6.45, 7) is 6.07. The van der Waals surface area contributed by atoms with Crippen molar-refractivity contribution in [1.29, 1.82) is 0 Å². The van der Waals surface area contributed by atoms with Crippen LogP contribution in [0.15, 0.2) is 0 Å². The molecule has 2 heterocycles. The molecule has 4 heteroatoms. The van der Waals surface area contributed by atoms with E-state index in [1.54, 1.807) is 0 Å². The fourth-order valence-corrected chi connectivity index (χ4v) is 4.19. The molecular formula is C16H28N2O2. The van der Waals surface area contributed by atoms with E-state index in [2.05, 4.69) is 24.1 Å². The highest BCUT2D eigenvalue weighted by atomic mass is 16.5. The van der Waals surface area contributed by atoms with Crippen molar-refractivity contribution in [1.82, 2.24) is 10.2 Å². The zero-order valence-corrected chi connectivity index (χ0v) is 12.9. The van der Waals surface area contributed by atoms with Crippen LogP contribution in [0.1, 0.15) is 58.8 Å². The molecule has 0 aromatic carbocycles. The van der Waals surface area contributed by atoms with Gasteiger partial charge in [-0.15, -0.1) is 0 Å². The lowest BCUT2D eigenvalue weighted by atomic mass is 9.97. The largest absolute Gasteiger partial charge is 0.378 e. The first-order valence-corrected chi connectivity index (χ1v) is 8.36. The molecule has 3 rings (SSSR count). The molecule has 3 unspecified atom stereocenters. The van der Waals surface area contributed by atoms with Gasteiger partial charge >= 0.3 is 0 Å². The van der Waals surface area contributed by atoms with Gasteiger partial charge < -0.3 is 9.64 Å². The highest BCUT2D eigenvalue weighted by Gasteiger charge is 2.52. The van der Waals surface area contributed by atoms with E-state index in [1.807, 2.05) is 0 Å². The van der Waals surface area contributed by atoms with Gasteiger partial charge in [-0.3, -0.25) is 10.1 Å². The smallest absolute Gasteiger partial charge is 0.244 e. The highest BCUT2D eigenvalue weighted by Crippen LogP contribution is 2.38. The van der Waals surface area contributed by atoms with Crippen LogP contribution in [0.25, 0.3) is 0 Å². The number of carbonyl (C=O) groups excluding carboxylic acids is 1. The maximum atomic E-state index is 12.9. The zero-order chi connectivity index (χ0) is 14.2. The summed E-state index contributed by atoms with van der Waals surface area (Å²) in [6.07, 6.45) is 8.26. The van der Waals surface area contributed by atoms with Crippen molar-refractivity contribution in [2.75, 3.05) is 13.2 Å². The molecule has 3 fully saturated rings. The lowest BCUT2D eigenvalue weighted by Crippen LogP contribution is -2.44. The minimum Gasteiger partial charge on any atom is -0.378 e. The van der Waals surface area contributed by atoms with Crippen molar-refractivity contribution in [2.24, 2.45) is 5.92 Å². The lowest BCUT2D eigenvalue weighted by molar-refractivity contribution is -0.134. The molecule has 0 bridgehead atoms. The van der Waals surface area contributed by atoms with Gasteiger partial charge in [0.2, 0.25) is 5.91 Å². The molecule has 2 aliphatic heterocycles. The molecule has 20 heavy (non-hydrogen) atoms. The van der Waals surface area contributed by atoms with Crippen molar-refractivity contribution in [3.63, 3.8) is 0 Å². The monoisotopic (exact) mass is 280 g/mol. The third-order valence-corrected chi connectivity index (χ3v) is 5.47. The van der Waals surface area contributed by atoms with Crippen LogP contribution in [0.4, 0.5) is 0 Å². The van der Waals surface area contributed by atoms with Crippen LogP contribution in [-0.4, -0.2) is 41.8 Å². The number of amides is 1. The number of nitrogens with one attached hydrogen (secondary N) is 1. The molecule has 1 saturated carbocycles. The van der Waals surface area contributed by atoms with Gasteiger partial charge in [-0.25, -0.2) is 0 Å². The van der Waals surface area contributed by atoms with Crippen molar-refractivity contribution in [3.05, 3.63) is 0 Å².